The van der Waals surface area contributed by atoms with Crippen LogP contribution in [0, 0.1) is 11.8 Å². The molecule has 10 heavy (non-hydrogen) atoms. The molecule has 3 heteroatoms. The second-order valence-electron chi connectivity index (χ2n) is 2.56. The Labute approximate surface area is 60.1 Å². The van der Waals surface area contributed by atoms with E-state index in [1.807, 2.05) is 13.8 Å². The van der Waals surface area contributed by atoms with Crippen LogP contribution in [0.2, 0.25) is 0 Å². The van der Waals surface area contributed by atoms with Gasteiger partial charge in [0, 0.05) is 13.0 Å². The number of esters is 1. The molecule has 0 aromatic heterocycles. The molecular weight excluding hydrogens is 130 g/mol. The van der Waals surface area contributed by atoms with Crippen LogP contribution in [0.1, 0.15) is 13.8 Å². The second-order valence-corrected chi connectivity index (χ2v) is 2.56. The summed E-state index contributed by atoms with van der Waals surface area (Å²) < 4.78 is 4.85. The van der Waals surface area contributed by atoms with Crippen LogP contribution in [0.15, 0.2) is 4.99 Å². The highest BCUT2D eigenvalue weighted by molar-refractivity contribution is 5.98. The number of carbonyl (C=O) groups excluding carboxylic acids is 1. The molecular formula is C7H11NO2. The standard InChI is InChI=1S/C7H11NO2/c1-4-5(2)7(9)10-6(4)8-3/h4-5H,1-3H3/b8-6-. The minimum Gasteiger partial charge on any atom is -0.411 e. The Kier molecular flexibility index (Phi) is 1.74. The van der Waals surface area contributed by atoms with Gasteiger partial charge in [-0.25, -0.2) is 0 Å². The molecule has 1 heterocycles. The SMILES string of the molecule is C/N=C1\OC(=O)C(C)C1C. The fourth-order valence-corrected chi connectivity index (χ4v) is 0.956. The van der Waals surface area contributed by atoms with E-state index in [1.54, 1.807) is 7.05 Å². The molecule has 1 aliphatic rings. The highest BCUT2D eigenvalue weighted by atomic mass is 16.5. The molecule has 0 aromatic carbocycles. The Bertz CT molecular complexity index is 186. The largest absolute Gasteiger partial charge is 0.411 e. The number of carbonyl (C=O) groups is 1. The van der Waals surface area contributed by atoms with Gasteiger partial charge in [0.2, 0.25) is 0 Å². The maximum Gasteiger partial charge on any atom is 0.315 e. The van der Waals surface area contributed by atoms with E-state index in [0.717, 1.165) is 0 Å². The molecule has 0 aliphatic carbocycles. The summed E-state index contributed by atoms with van der Waals surface area (Å²) in [6, 6.07) is 0. The molecule has 0 aromatic rings. The first kappa shape index (κ1) is 7.25. The minimum atomic E-state index is -0.159. The van der Waals surface area contributed by atoms with Gasteiger partial charge in [-0.15, -0.1) is 0 Å². The zero-order valence-corrected chi connectivity index (χ0v) is 6.42. The molecule has 1 rings (SSSR count). The van der Waals surface area contributed by atoms with Crippen molar-refractivity contribution < 1.29 is 9.53 Å². The van der Waals surface area contributed by atoms with E-state index in [0.29, 0.717) is 5.90 Å². The van der Waals surface area contributed by atoms with Crippen LogP contribution in [-0.2, 0) is 9.53 Å². The first-order valence-corrected chi connectivity index (χ1v) is 3.35. The lowest BCUT2D eigenvalue weighted by atomic mass is 9.99. The summed E-state index contributed by atoms with van der Waals surface area (Å²) in [7, 11) is 1.64. The smallest absolute Gasteiger partial charge is 0.315 e. The number of ether oxygens (including phenoxy) is 1. The van der Waals surface area contributed by atoms with Crippen molar-refractivity contribution in [3.63, 3.8) is 0 Å². The van der Waals surface area contributed by atoms with Crippen LogP contribution in [0.4, 0.5) is 0 Å². The molecule has 1 aliphatic heterocycles. The van der Waals surface area contributed by atoms with Crippen molar-refractivity contribution in [2.75, 3.05) is 7.05 Å². The predicted octanol–water partition coefficient (Wildman–Crippen LogP) is 0.844. The number of aliphatic imine (C=N–C) groups is 1. The van der Waals surface area contributed by atoms with Gasteiger partial charge in [0.1, 0.15) is 0 Å². The Morgan fingerprint density at radius 2 is 2.00 bits per heavy atom. The van der Waals surface area contributed by atoms with Crippen LogP contribution in [-0.4, -0.2) is 18.9 Å². The van der Waals surface area contributed by atoms with Gasteiger partial charge in [-0.1, -0.05) is 13.8 Å². The minimum absolute atomic E-state index is 0.0290. The lowest BCUT2D eigenvalue weighted by molar-refractivity contribution is -0.136. The number of hydrogen-bond donors (Lipinski definition) is 0. The molecule has 56 valence electrons. The number of rotatable bonds is 0. The van der Waals surface area contributed by atoms with Crippen LogP contribution < -0.4 is 0 Å². The Morgan fingerprint density at radius 3 is 2.20 bits per heavy atom. The van der Waals surface area contributed by atoms with E-state index < -0.39 is 0 Å². The molecule has 0 amide bonds. The summed E-state index contributed by atoms with van der Waals surface area (Å²) in [6.45, 7) is 3.79. The van der Waals surface area contributed by atoms with Crippen molar-refractivity contribution in [3.05, 3.63) is 0 Å². The van der Waals surface area contributed by atoms with Gasteiger partial charge in [0.25, 0.3) is 0 Å². The molecule has 0 spiro atoms. The van der Waals surface area contributed by atoms with Gasteiger partial charge >= 0.3 is 5.97 Å². The number of nitrogens with zero attached hydrogens (tertiary/aromatic N) is 1. The van der Waals surface area contributed by atoms with Crippen molar-refractivity contribution in [2.24, 2.45) is 16.8 Å². The maximum absolute atomic E-state index is 10.9. The second kappa shape index (κ2) is 2.40. The summed E-state index contributed by atoms with van der Waals surface area (Å²) in [5.74, 6) is 0.529. The van der Waals surface area contributed by atoms with E-state index >= 15 is 0 Å². The average molecular weight is 141 g/mol. The molecule has 1 fully saturated rings. The number of hydrogen-bond acceptors (Lipinski definition) is 3. The summed E-state index contributed by atoms with van der Waals surface area (Å²) >= 11 is 0. The van der Waals surface area contributed by atoms with Crippen LogP contribution in [0.25, 0.3) is 0 Å². The van der Waals surface area contributed by atoms with Crippen molar-refractivity contribution >= 4 is 11.9 Å². The summed E-state index contributed by atoms with van der Waals surface area (Å²) in [4.78, 5) is 14.7. The van der Waals surface area contributed by atoms with Crippen molar-refractivity contribution in [3.8, 4) is 0 Å². The molecule has 0 N–H and O–H groups in total. The van der Waals surface area contributed by atoms with E-state index in [1.165, 1.54) is 0 Å². The normalized spacial score (nSPS) is 36.7. The first-order valence-electron chi connectivity index (χ1n) is 3.35. The lowest BCUT2D eigenvalue weighted by Crippen LogP contribution is -2.09. The molecule has 1 saturated heterocycles. The Balaban J connectivity index is 2.81. The highest BCUT2D eigenvalue weighted by Gasteiger charge is 2.35. The molecule has 3 nitrogen and oxygen atoms in total. The fourth-order valence-electron chi connectivity index (χ4n) is 0.956. The summed E-state index contributed by atoms with van der Waals surface area (Å²) in [5, 5.41) is 0. The molecule has 0 bridgehead atoms. The molecule has 2 unspecified atom stereocenters. The van der Waals surface area contributed by atoms with Gasteiger partial charge < -0.3 is 4.74 Å². The Morgan fingerprint density at radius 1 is 1.40 bits per heavy atom. The molecule has 2 atom stereocenters. The lowest BCUT2D eigenvalue weighted by Gasteiger charge is -2.00. The van der Waals surface area contributed by atoms with Crippen molar-refractivity contribution in [2.45, 2.75) is 13.8 Å². The van der Waals surface area contributed by atoms with Gasteiger partial charge in [-0.2, -0.15) is 0 Å². The van der Waals surface area contributed by atoms with Gasteiger partial charge in [0.15, 0.2) is 5.90 Å². The molecule has 0 saturated carbocycles. The van der Waals surface area contributed by atoms with Gasteiger partial charge in [0.05, 0.1) is 5.92 Å². The Hall–Kier alpha value is -0.860. The monoisotopic (exact) mass is 141 g/mol. The zero-order chi connectivity index (χ0) is 7.72. The third-order valence-corrected chi connectivity index (χ3v) is 1.94. The van der Waals surface area contributed by atoms with Crippen LogP contribution in [0.3, 0.4) is 0 Å². The fraction of sp³-hybridized carbons (Fsp3) is 0.714. The van der Waals surface area contributed by atoms with E-state index in [2.05, 4.69) is 4.99 Å². The van der Waals surface area contributed by atoms with Gasteiger partial charge in [-0.3, -0.25) is 9.79 Å². The van der Waals surface area contributed by atoms with Crippen LogP contribution >= 0.6 is 0 Å². The summed E-state index contributed by atoms with van der Waals surface area (Å²) in [5.41, 5.74) is 0. The van der Waals surface area contributed by atoms with E-state index in [9.17, 15) is 4.79 Å². The van der Waals surface area contributed by atoms with E-state index in [-0.39, 0.29) is 17.8 Å². The first-order chi connectivity index (χ1) is 4.66. The summed E-state index contributed by atoms with van der Waals surface area (Å²) in [6.07, 6.45) is 0. The van der Waals surface area contributed by atoms with Crippen molar-refractivity contribution in [1.29, 1.82) is 0 Å². The van der Waals surface area contributed by atoms with Crippen molar-refractivity contribution in [1.82, 2.24) is 0 Å². The zero-order valence-electron chi connectivity index (χ0n) is 6.42. The topological polar surface area (TPSA) is 38.7 Å². The average Bonchev–Trinajstić information content (AvgIpc) is 2.17. The maximum atomic E-state index is 10.9. The predicted molar refractivity (Wildman–Crippen MR) is 37.8 cm³/mol. The third kappa shape index (κ3) is 0.916. The van der Waals surface area contributed by atoms with E-state index in [4.69, 9.17) is 4.74 Å². The third-order valence-electron chi connectivity index (χ3n) is 1.94. The van der Waals surface area contributed by atoms with Gasteiger partial charge in [-0.05, 0) is 0 Å². The quantitative estimate of drug-likeness (QED) is 0.469. The number of cyclic esters (lactones) is 1. The highest BCUT2D eigenvalue weighted by Crippen LogP contribution is 2.22. The molecule has 0 radical (unpaired) electrons. The van der Waals surface area contributed by atoms with Crippen LogP contribution in [0.5, 0.6) is 0 Å².